The Bertz CT molecular complexity index is 872. The monoisotopic (exact) mass is 371 g/mol. The first-order valence-corrected chi connectivity index (χ1v) is 9.34. The van der Waals surface area contributed by atoms with E-state index in [1.165, 1.54) is 6.20 Å². The second kappa shape index (κ2) is 8.14. The van der Waals surface area contributed by atoms with E-state index in [0.717, 1.165) is 21.9 Å². The first-order chi connectivity index (χ1) is 12.6. The van der Waals surface area contributed by atoms with Gasteiger partial charge in [-0.2, -0.15) is 5.10 Å². The van der Waals surface area contributed by atoms with Crippen LogP contribution in [-0.2, 0) is 4.74 Å². The Morgan fingerprint density at radius 2 is 2.15 bits per heavy atom. The zero-order valence-corrected chi connectivity index (χ0v) is 15.8. The summed E-state index contributed by atoms with van der Waals surface area (Å²) in [5.41, 5.74) is 4.01. The summed E-state index contributed by atoms with van der Waals surface area (Å²) in [6, 6.07) is 5.84. The van der Waals surface area contributed by atoms with E-state index in [9.17, 15) is 4.79 Å². The lowest BCUT2D eigenvalue weighted by atomic mass is 10.1. The summed E-state index contributed by atoms with van der Waals surface area (Å²) in [5.74, 6) is 0.866. The van der Waals surface area contributed by atoms with Gasteiger partial charge in [0, 0.05) is 18.0 Å². The summed E-state index contributed by atoms with van der Waals surface area (Å²) in [4.78, 5) is 17.0. The smallest absolute Gasteiger partial charge is 0.341 e. The molecule has 6 nitrogen and oxygen atoms in total. The predicted molar refractivity (Wildman–Crippen MR) is 101 cm³/mol. The number of ether oxygens (including phenoxy) is 2. The van der Waals surface area contributed by atoms with Gasteiger partial charge < -0.3 is 9.47 Å². The normalized spacial score (nSPS) is 10.9. The van der Waals surface area contributed by atoms with Crippen molar-refractivity contribution in [3.63, 3.8) is 0 Å². The van der Waals surface area contributed by atoms with Gasteiger partial charge >= 0.3 is 5.97 Å². The van der Waals surface area contributed by atoms with Gasteiger partial charge in [0.05, 0.1) is 41.0 Å². The van der Waals surface area contributed by atoms with E-state index >= 15 is 0 Å². The predicted octanol–water partition coefficient (Wildman–Crippen LogP) is 4.21. The lowest BCUT2D eigenvalue weighted by molar-refractivity contribution is 0.0526. The third kappa shape index (κ3) is 4.11. The summed E-state index contributed by atoms with van der Waals surface area (Å²) in [5, 5.41) is 4.28. The Morgan fingerprint density at radius 3 is 2.85 bits per heavy atom. The van der Waals surface area contributed by atoms with Crippen LogP contribution in [0.3, 0.4) is 0 Å². The molecule has 0 radical (unpaired) electrons. The zero-order valence-electron chi connectivity index (χ0n) is 15.0. The number of hydrogen-bond acceptors (Lipinski definition) is 6. The van der Waals surface area contributed by atoms with Gasteiger partial charge in [0.1, 0.15) is 5.75 Å². The molecule has 1 aromatic carbocycles. The first kappa shape index (κ1) is 18.1. The molecule has 7 heteroatoms. The quantitative estimate of drug-likeness (QED) is 0.582. The molecule has 2 aromatic heterocycles. The molecule has 0 N–H and O–H groups in total. The largest absolute Gasteiger partial charge is 0.493 e. The molecule has 0 aliphatic rings. The highest BCUT2D eigenvalue weighted by atomic mass is 32.1. The minimum absolute atomic E-state index is 0.335. The SMILES string of the molecule is CCOC(=O)c1cnn(-c2ccc(OCC(C)C)c(-c3cncs3)c2)c1. The number of carbonyl (C=O) groups is 1. The van der Waals surface area contributed by atoms with Crippen LogP contribution in [0.1, 0.15) is 31.1 Å². The van der Waals surface area contributed by atoms with Crippen LogP contribution in [0.2, 0.25) is 0 Å². The standard InChI is InChI=1S/C19H21N3O3S/c1-4-24-19(23)14-8-21-22(10-14)15-5-6-17(25-11-13(2)3)16(7-15)18-9-20-12-26-18/h5-10,12-13H,4,11H2,1-3H3. The van der Waals surface area contributed by atoms with Crippen molar-refractivity contribution in [2.45, 2.75) is 20.8 Å². The van der Waals surface area contributed by atoms with Crippen molar-refractivity contribution in [1.82, 2.24) is 14.8 Å². The molecule has 0 aliphatic heterocycles. The fourth-order valence-electron chi connectivity index (χ4n) is 2.37. The first-order valence-electron chi connectivity index (χ1n) is 8.46. The minimum atomic E-state index is -0.377. The van der Waals surface area contributed by atoms with E-state index in [1.54, 1.807) is 34.6 Å². The van der Waals surface area contributed by atoms with Crippen LogP contribution in [0.25, 0.3) is 16.1 Å². The molecule has 3 rings (SSSR count). The molecule has 0 amide bonds. The molecule has 0 saturated heterocycles. The van der Waals surface area contributed by atoms with Crippen molar-refractivity contribution in [2.24, 2.45) is 5.92 Å². The molecule has 26 heavy (non-hydrogen) atoms. The van der Waals surface area contributed by atoms with E-state index < -0.39 is 0 Å². The van der Waals surface area contributed by atoms with Gasteiger partial charge in [0.15, 0.2) is 0 Å². The molecule has 0 unspecified atom stereocenters. The Hall–Kier alpha value is -2.67. The summed E-state index contributed by atoms with van der Waals surface area (Å²) < 4.78 is 12.6. The fourth-order valence-corrected chi connectivity index (χ4v) is 3.01. The Morgan fingerprint density at radius 1 is 1.31 bits per heavy atom. The summed E-state index contributed by atoms with van der Waals surface area (Å²) in [6.45, 7) is 6.98. The average Bonchev–Trinajstić information content (AvgIpc) is 3.32. The molecule has 136 valence electrons. The molecule has 3 aromatic rings. The third-order valence-electron chi connectivity index (χ3n) is 3.59. The highest BCUT2D eigenvalue weighted by Gasteiger charge is 2.14. The molecule has 0 saturated carbocycles. The molecule has 0 spiro atoms. The lowest BCUT2D eigenvalue weighted by Gasteiger charge is -2.13. The van der Waals surface area contributed by atoms with E-state index in [-0.39, 0.29) is 5.97 Å². The maximum absolute atomic E-state index is 11.8. The summed E-state index contributed by atoms with van der Waals surface area (Å²) >= 11 is 1.55. The highest BCUT2D eigenvalue weighted by Crippen LogP contribution is 2.34. The maximum atomic E-state index is 11.8. The fraction of sp³-hybridized carbons (Fsp3) is 0.316. The number of nitrogens with zero attached hydrogens (tertiary/aromatic N) is 3. The topological polar surface area (TPSA) is 66.2 Å². The Kier molecular flexibility index (Phi) is 5.68. The third-order valence-corrected chi connectivity index (χ3v) is 4.40. The van der Waals surface area contributed by atoms with Crippen LogP contribution in [0, 0.1) is 5.92 Å². The van der Waals surface area contributed by atoms with E-state index in [0.29, 0.717) is 24.7 Å². The number of esters is 1. The van der Waals surface area contributed by atoms with Crippen LogP contribution in [0.15, 0.2) is 42.3 Å². The van der Waals surface area contributed by atoms with Gasteiger partial charge in [0.25, 0.3) is 0 Å². The molecule has 0 bridgehead atoms. The van der Waals surface area contributed by atoms with E-state index in [1.807, 2.05) is 24.4 Å². The molecular formula is C19H21N3O3S. The van der Waals surface area contributed by atoms with Gasteiger partial charge in [-0.05, 0) is 31.0 Å². The maximum Gasteiger partial charge on any atom is 0.341 e. The van der Waals surface area contributed by atoms with Crippen LogP contribution in [0.4, 0.5) is 0 Å². The number of hydrogen-bond donors (Lipinski definition) is 0. The summed E-state index contributed by atoms with van der Waals surface area (Å²) in [6.07, 6.45) is 4.99. The molecule has 0 aliphatic carbocycles. The van der Waals surface area contributed by atoms with Crippen molar-refractivity contribution in [3.8, 4) is 21.9 Å². The summed E-state index contributed by atoms with van der Waals surface area (Å²) in [7, 11) is 0. The van der Waals surface area contributed by atoms with Gasteiger partial charge in [-0.3, -0.25) is 4.98 Å². The van der Waals surface area contributed by atoms with Gasteiger partial charge in [0.2, 0.25) is 0 Å². The molecule has 0 atom stereocenters. The van der Waals surface area contributed by atoms with Crippen molar-refractivity contribution >= 4 is 17.3 Å². The van der Waals surface area contributed by atoms with Gasteiger partial charge in [-0.1, -0.05) is 13.8 Å². The van der Waals surface area contributed by atoms with Gasteiger partial charge in [-0.15, -0.1) is 11.3 Å². The minimum Gasteiger partial charge on any atom is -0.493 e. The van der Waals surface area contributed by atoms with Crippen LogP contribution < -0.4 is 4.74 Å². The number of thiazole rings is 1. The zero-order chi connectivity index (χ0) is 18.5. The molecular weight excluding hydrogens is 350 g/mol. The average molecular weight is 371 g/mol. The molecule has 0 fully saturated rings. The van der Waals surface area contributed by atoms with Gasteiger partial charge in [-0.25, -0.2) is 9.48 Å². The van der Waals surface area contributed by atoms with Crippen molar-refractivity contribution in [2.75, 3.05) is 13.2 Å². The Labute approximate surface area is 156 Å². The number of aromatic nitrogens is 3. The van der Waals surface area contributed by atoms with Crippen molar-refractivity contribution in [3.05, 3.63) is 47.9 Å². The number of carbonyl (C=O) groups excluding carboxylic acids is 1. The van der Waals surface area contributed by atoms with Crippen molar-refractivity contribution in [1.29, 1.82) is 0 Å². The van der Waals surface area contributed by atoms with Crippen molar-refractivity contribution < 1.29 is 14.3 Å². The molecule has 2 heterocycles. The second-order valence-corrected chi connectivity index (χ2v) is 7.03. The number of benzene rings is 1. The second-order valence-electron chi connectivity index (χ2n) is 6.15. The van der Waals surface area contributed by atoms with Crippen LogP contribution in [-0.4, -0.2) is 33.9 Å². The number of rotatable bonds is 7. The van der Waals surface area contributed by atoms with Crippen LogP contribution >= 0.6 is 11.3 Å². The lowest BCUT2D eigenvalue weighted by Crippen LogP contribution is -2.06. The Balaban J connectivity index is 1.94. The van der Waals surface area contributed by atoms with E-state index in [2.05, 4.69) is 23.9 Å². The van der Waals surface area contributed by atoms with E-state index in [4.69, 9.17) is 9.47 Å². The highest BCUT2D eigenvalue weighted by molar-refractivity contribution is 7.13. The van der Waals surface area contributed by atoms with Crippen LogP contribution in [0.5, 0.6) is 5.75 Å².